The molecule has 0 bridgehead atoms. The number of carbonyl (C=O) groups excluding carboxylic acids is 1. The molecule has 1 aliphatic heterocycles. The number of likely N-dealkylation sites (tertiary alicyclic amines) is 1. The Morgan fingerprint density at radius 2 is 1.90 bits per heavy atom. The quantitative estimate of drug-likeness (QED) is 0.892. The molecule has 1 saturated heterocycles. The van der Waals surface area contributed by atoms with Gasteiger partial charge in [-0.3, -0.25) is 4.79 Å². The molecule has 2 heterocycles. The summed E-state index contributed by atoms with van der Waals surface area (Å²) in [6, 6.07) is 8.35. The van der Waals surface area contributed by atoms with Crippen molar-refractivity contribution in [2.24, 2.45) is 0 Å². The van der Waals surface area contributed by atoms with Crippen LogP contribution in [0, 0.1) is 6.92 Å². The number of benzene rings is 1. The van der Waals surface area contributed by atoms with Crippen LogP contribution in [0.4, 0.5) is 0 Å². The molecule has 1 aliphatic carbocycles. The van der Waals surface area contributed by atoms with Crippen LogP contribution in [0.25, 0.3) is 10.9 Å². The molecule has 3 nitrogen and oxygen atoms in total. The molecule has 1 aromatic heterocycles. The number of para-hydroxylation sites is 1. The van der Waals surface area contributed by atoms with Crippen molar-refractivity contribution in [2.45, 2.75) is 38.0 Å². The lowest BCUT2D eigenvalue weighted by molar-refractivity contribution is -0.132. The van der Waals surface area contributed by atoms with Gasteiger partial charge in [-0.1, -0.05) is 18.2 Å². The molecular formula is C17H20N2O. The minimum Gasteiger partial charge on any atom is -0.358 e. The Hall–Kier alpha value is -1.77. The average molecular weight is 268 g/mol. The lowest BCUT2D eigenvalue weighted by Gasteiger charge is -2.23. The maximum atomic E-state index is 12.9. The third-order valence-corrected chi connectivity index (χ3v) is 4.92. The summed E-state index contributed by atoms with van der Waals surface area (Å²) in [5, 5.41) is 1.23. The second-order valence-corrected chi connectivity index (χ2v) is 6.25. The largest absolute Gasteiger partial charge is 0.358 e. The second kappa shape index (κ2) is 4.11. The lowest BCUT2D eigenvalue weighted by Crippen LogP contribution is -2.37. The number of hydrogen-bond donors (Lipinski definition) is 1. The smallest absolute Gasteiger partial charge is 0.233 e. The molecule has 4 rings (SSSR count). The zero-order valence-electron chi connectivity index (χ0n) is 11.9. The van der Waals surface area contributed by atoms with E-state index in [4.69, 9.17) is 0 Å². The van der Waals surface area contributed by atoms with Crippen LogP contribution in [-0.4, -0.2) is 28.9 Å². The first-order valence-corrected chi connectivity index (χ1v) is 7.59. The molecule has 0 radical (unpaired) electrons. The summed E-state index contributed by atoms with van der Waals surface area (Å²) in [4.78, 5) is 18.5. The van der Waals surface area contributed by atoms with Gasteiger partial charge in [0.15, 0.2) is 0 Å². The number of H-pyrrole nitrogens is 1. The zero-order chi connectivity index (χ0) is 13.7. The summed E-state index contributed by atoms with van der Waals surface area (Å²) in [6.45, 7) is 4.00. The van der Waals surface area contributed by atoms with Crippen LogP contribution in [0.2, 0.25) is 0 Å². The number of amides is 1. The Labute approximate surface area is 119 Å². The molecule has 0 spiro atoms. The minimum atomic E-state index is -0.228. The fourth-order valence-corrected chi connectivity index (χ4v) is 3.81. The van der Waals surface area contributed by atoms with Gasteiger partial charge in [-0.15, -0.1) is 0 Å². The van der Waals surface area contributed by atoms with Gasteiger partial charge in [0.1, 0.15) is 0 Å². The van der Waals surface area contributed by atoms with Gasteiger partial charge in [0.25, 0.3) is 0 Å². The molecule has 0 unspecified atom stereocenters. The highest BCUT2D eigenvalue weighted by Gasteiger charge is 2.55. The molecule has 1 N–H and O–H groups in total. The van der Waals surface area contributed by atoms with Crippen LogP contribution in [0.5, 0.6) is 0 Å². The number of rotatable bonds is 2. The van der Waals surface area contributed by atoms with Crippen molar-refractivity contribution in [1.82, 2.24) is 9.88 Å². The Morgan fingerprint density at radius 1 is 1.20 bits per heavy atom. The van der Waals surface area contributed by atoms with Gasteiger partial charge < -0.3 is 9.88 Å². The fraction of sp³-hybridized carbons (Fsp3) is 0.471. The number of aryl methyl sites for hydroxylation is 1. The summed E-state index contributed by atoms with van der Waals surface area (Å²) in [5.74, 6) is 0.364. The molecule has 2 aliphatic rings. The number of nitrogens with one attached hydrogen (secondary N) is 1. The van der Waals surface area contributed by atoms with Crippen LogP contribution in [0.1, 0.15) is 36.9 Å². The third-order valence-electron chi connectivity index (χ3n) is 4.92. The Balaban J connectivity index is 1.82. The monoisotopic (exact) mass is 268 g/mol. The van der Waals surface area contributed by atoms with Crippen molar-refractivity contribution in [3.63, 3.8) is 0 Å². The number of aromatic amines is 1. The van der Waals surface area contributed by atoms with Crippen molar-refractivity contribution < 1.29 is 4.79 Å². The third kappa shape index (κ3) is 1.55. The second-order valence-electron chi connectivity index (χ2n) is 6.25. The van der Waals surface area contributed by atoms with Crippen molar-refractivity contribution in [1.29, 1.82) is 0 Å². The zero-order valence-corrected chi connectivity index (χ0v) is 11.9. The van der Waals surface area contributed by atoms with E-state index in [1.165, 1.54) is 10.9 Å². The topological polar surface area (TPSA) is 36.1 Å². The maximum Gasteiger partial charge on any atom is 0.233 e. The van der Waals surface area contributed by atoms with Crippen molar-refractivity contribution in [3.05, 3.63) is 35.5 Å². The van der Waals surface area contributed by atoms with Crippen molar-refractivity contribution in [3.8, 4) is 0 Å². The number of nitrogens with zero attached hydrogens (tertiary/aromatic N) is 1. The molecule has 3 heteroatoms. The molecule has 1 saturated carbocycles. The van der Waals surface area contributed by atoms with Gasteiger partial charge in [0.05, 0.1) is 5.41 Å². The molecule has 2 fully saturated rings. The highest BCUT2D eigenvalue weighted by molar-refractivity contribution is 5.98. The molecule has 20 heavy (non-hydrogen) atoms. The summed E-state index contributed by atoms with van der Waals surface area (Å²) in [7, 11) is 0. The van der Waals surface area contributed by atoms with Gasteiger partial charge >= 0.3 is 0 Å². The Morgan fingerprint density at radius 3 is 2.60 bits per heavy atom. The number of carbonyl (C=O) groups is 1. The van der Waals surface area contributed by atoms with E-state index in [2.05, 4.69) is 35.0 Å². The van der Waals surface area contributed by atoms with E-state index in [1.807, 2.05) is 6.07 Å². The van der Waals surface area contributed by atoms with E-state index in [9.17, 15) is 4.79 Å². The molecule has 1 aromatic carbocycles. The van der Waals surface area contributed by atoms with Gasteiger partial charge in [0, 0.05) is 29.7 Å². The summed E-state index contributed by atoms with van der Waals surface area (Å²) >= 11 is 0. The first kappa shape index (κ1) is 12.0. The minimum absolute atomic E-state index is 0.228. The number of fused-ring (bicyclic) bond motifs is 1. The predicted octanol–water partition coefficient (Wildman–Crippen LogP) is 3.13. The lowest BCUT2D eigenvalue weighted by atomic mass is 9.91. The van der Waals surface area contributed by atoms with E-state index in [0.717, 1.165) is 50.0 Å². The fourth-order valence-electron chi connectivity index (χ4n) is 3.81. The SMILES string of the molecule is Cc1[nH]c2ccccc2c1C1(C(=O)N2CCCC2)CC1. The van der Waals surface area contributed by atoms with E-state index in [1.54, 1.807) is 0 Å². The van der Waals surface area contributed by atoms with Gasteiger partial charge in [0.2, 0.25) is 5.91 Å². The van der Waals surface area contributed by atoms with Gasteiger partial charge in [-0.05, 0) is 44.2 Å². The number of aromatic nitrogens is 1. The molecule has 0 atom stereocenters. The highest BCUT2D eigenvalue weighted by atomic mass is 16.2. The summed E-state index contributed by atoms with van der Waals surface area (Å²) in [5.41, 5.74) is 3.34. The van der Waals surface area contributed by atoms with Crippen LogP contribution in [0.3, 0.4) is 0 Å². The Bertz CT molecular complexity index is 675. The average Bonchev–Trinajstić information content (AvgIpc) is 2.93. The number of hydrogen-bond acceptors (Lipinski definition) is 1. The first-order chi connectivity index (χ1) is 9.72. The molecular weight excluding hydrogens is 248 g/mol. The standard InChI is InChI=1S/C17H20N2O/c1-12-15(13-6-2-3-7-14(13)18-12)17(8-9-17)16(20)19-10-4-5-11-19/h2-3,6-7,18H,4-5,8-11H2,1H3. The molecule has 104 valence electrons. The normalized spacial score (nSPS) is 20.6. The summed E-state index contributed by atoms with van der Waals surface area (Å²) < 4.78 is 0. The summed E-state index contributed by atoms with van der Waals surface area (Å²) in [6.07, 6.45) is 4.33. The van der Waals surface area contributed by atoms with Crippen LogP contribution in [-0.2, 0) is 10.2 Å². The van der Waals surface area contributed by atoms with Crippen LogP contribution < -0.4 is 0 Å². The maximum absolute atomic E-state index is 12.9. The first-order valence-electron chi connectivity index (χ1n) is 7.59. The van der Waals surface area contributed by atoms with E-state index in [0.29, 0.717) is 5.91 Å². The van der Waals surface area contributed by atoms with Crippen molar-refractivity contribution in [2.75, 3.05) is 13.1 Å². The predicted molar refractivity (Wildman–Crippen MR) is 79.8 cm³/mol. The molecule has 1 amide bonds. The van der Waals surface area contributed by atoms with Gasteiger partial charge in [-0.25, -0.2) is 0 Å². The molecule has 2 aromatic rings. The highest BCUT2D eigenvalue weighted by Crippen LogP contribution is 2.53. The Kier molecular flexibility index (Phi) is 2.47. The van der Waals surface area contributed by atoms with Crippen LogP contribution >= 0.6 is 0 Å². The van der Waals surface area contributed by atoms with Crippen molar-refractivity contribution >= 4 is 16.8 Å². The van der Waals surface area contributed by atoms with Gasteiger partial charge in [-0.2, -0.15) is 0 Å². The van der Waals surface area contributed by atoms with E-state index < -0.39 is 0 Å². The van der Waals surface area contributed by atoms with E-state index >= 15 is 0 Å². The van der Waals surface area contributed by atoms with Crippen LogP contribution in [0.15, 0.2) is 24.3 Å². The van der Waals surface area contributed by atoms with E-state index in [-0.39, 0.29) is 5.41 Å².